The first-order valence-corrected chi connectivity index (χ1v) is 8.15. The second kappa shape index (κ2) is 7.07. The molecule has 0 aliphatic heterocycles. The molecular formula is C13H24N2O3S. The van der Waals surface area contributed by atoms with Crippen molar-refractivity contribution in [3.05, 3.63) is 17.9 Å². The Kier molecular flexibility index (Phi) is 6.03. The normalized spacial score (nSPS) is 12.5. The van der Waals surface area contributed by atoms with Gasteiger partial charge in [-0.05, 0) is 24.6 Å². The Hall–Kier alpha value is -0.850. The minimum Gasteiger partial charge on any atom is -0.447 e. The van der Waals surface area contributed by atoms with Crippen LogP contribution in [0.15, 0.2) is 21.6 Å². The number of sulfonamides is 1. The molecule has 0 saturated heterocycles. The third-order valence-corrected chi connectivity index (χ3v) is 4.52. The van der Waals surface area contributed by atoms with Crippen LogP contribution in [0.4, 0.5) is 0 Å². The zero-order chi connectivity index (χ0) is 14.5. The summed E-state index contributed by atoms with van der Waals surface area (Å²) < 4.78 is 31.7. The van der Waals surface area contributed by atoms with E-state index >= 15 is 0 Å². The van der Waals surface area contributed by atoms with Gasteiger partial charge in [-0.25, -0.2) is 8.42 Å². The number of hydrogen-bond donors (Lipinski definition) is 1. The molecule has 0 aliphatic rings. The van der Waals surface area contributed by atoms with E-state index in [1.54, 1.807) is 6.07 Å². The lowest BCUT2D eigenvalue weighted by atomic mass is 10.2. The second-order valence-corrected chi connectivity index (χ2v) is 6.72. The lowest BCUT2D eigenvalue weighted by molar-refractivity contribution is 0.349. The molecule has 19 heavy (non-hydrogen) atoms. The number of rotatable bonds is 8. The van der Waals surface area contributed by atoms with Crippen LogP contribution in [0, 0.1) is 5.92 Å². The van der Waals surface area contributed by atoms with Gasteiger partial charge in [0, 0.05) is 13.1 Å². The average Bonchev–Trinajstić information content (AvgIpc) is 2.82. The van der Waals surface area contributed by atoms with E-state index < -0.39 is 10.0 Å². The summed E-state index contributed by atoms with van der Waals surface area (Å²) in [6, 6.07) is 3.24. The summed E-state index contributed by atoms with van der Waals surface area (Å²) in [6.45, 7) is 10.1. The smallest absolute Gasteiger partial charge is 0.276 e. The fraction of sp³-hybridized carbons (Fsp3) is 0.692. The minimum atomic E-state index is -3.51. The van der Waals surface area contributed by atoms with E-state index in [4.69, 9.17) is 4.42 Å². The quantitative estimate of drug-likeness (QED) is 0.795. The molecule has 0 spiro atoms. The summed E-state index contributed by atoms with van der Waals surface area (Å²) in [5.74, 6) is 0.923. The molecule has 0 aromatic carbocycles. The first kappa shape index (κ1) is 16.2. The van der Waals surface area contributed by atoms with Crippen molar-refractivity contribution in [3.8, 4) is 0 Å². The largest absolute Gasteiger partial charge is 0.447 e. The van der Waals surface area contributed by atoms with Gasteiger partial charge < -0.3 is 9.73 Å². The predicted octanol–water partition coefficient (Wildman–Crippen LogP) is 2.06. The summed E-state index contributed by atoms with van der Waals surface area (Å²) in [7, 11) is -3.51. The van der Waals surface area contributed by atoms with Crippen LogP contribution < -0.4 is 5.32 Å². The lowest BCUT2D eigenvalue weighted by Gasteiger charge is -2.20. The van der Waals surface area contributed by atoms with Crippen molar-refractivity contribution < 1.29 is 12.8 Å². The molecule has 6 heteroatoms. The Balaban J connectivity index is 2.89. The summed E-state index contributed by atoms with van der Waals surface area (Å²) in [4.78, 5) is 0. The highest BCUT2D eigenvalue weighted by atomic mass is 32.2. The standard InChI is InChI=1S/C13H24N2O3S/c1-5-14-9-12-7-8-13(18-12)19(16,17)15(6-2)10-11(3)4/h7-8,11,14H,5-6,9-10H2,1-4H3. The zero-order valence-corrected chi connectivity index (χ0v) is 13.0. The highest BCUT2D eigenvalue weighted by molar-refractivity contribution is 7.89. The topological polar surface area (TPSA) is 62.6 Å². The molecule has 1 heterocycles. The van der Waals surface area contributed by atoms with Crippen LogP contribution in [0.5, 0.6) is 0 Å². The molecule has 0 unspecified atom stereocenters. The van der Waals surface area contributed by atoms with Crippen LogP contribution >= 0.6 is 0 Å². The van der Waals surface area contributed by atoms with Crippen LogP contribution in [0.2, 0.25) is 0 Å². The molecular weight excluding hydrogens is 264 g/mol. The van der Waals surface area contributed by atoms with Crippen molar-refractivity contribution >= 4 is 10.0 Å². The lowest BCUT2D eigenvalue weighted by Crippen LogP contribution is -2.33. The third kappa shape index (κ3) is 4.33. The number of nitrogens with one attached hydrogen (secondary N) is 1. The first-order chi connectivity index (χ1) is 8.91. The van der Waals surface area contributed by atoms with Crippen molar-refractivity contribution in [2.24, 2.45) is 5.92 Å². The maximum atomic E-state index is 12.4. The van der Waals surface area contributed by atoms with Gasteiger partial charge in [0.25, 0.3) is 10.0 Å². The predicted molar refractivity (Wildman–Crippen MR) is 75.4 cm³/mol. The first-order valence-electron chi connectivity index (χ1n) is 6.71. The van der Waals surface area contributed by atoms with Crippen molar-refractivity contribution in [2.45, 2.75) is 39.3 Å². The monoisotopic (exact) mass is 288 g/mol. The summed E-state index contributed by atoms with van der Waals surface area (Å²) in [5.41, 5.74) is 0. The fourth-order valence-corrected chi connectivity index (χ4v) is 3.31. The molecule has 0 saturated carbocycles. The Morgan fingerprint density at radius 2 is 2.00 bits per heavy atom. The Labute approximate surface area is 116 Å². The van der Waals surface area contributed by atoms with Crippen molar-refractivity contribution in [3.63, 3.8) is 0 Å². The fourth-order valence-electron chi connectivity index (χ4n) is 1.77. The van der Waals surface area contributed by atoms with Gasteiger partial charge in [-0.1, -0.05) is 27.7 Å². The summed E-state index contributed by atoms with van der Waals surface area (Å²) in [5, 5.41) is 3.13. The summed E-state index contributed by atoms with van der Waals surface area (Å²) >= 11 is 0. The van der Waals surface area contributed by atoms with Crippen molar-refractivity contribution in [1.82, 2.24) is 9.62 Å². The van der Waals surface area contributed by atoms with Gasteiger partial charge in [-0.15, -0.1) is 0 Å². The molecule has 5 nitrogen and oxygen atoms in total. The molecule has 1 aromatic heterocycles. The second-order valence-electron chi connectivity index (χ2n) is 4.85. The van der Waals surface area contributed by atoms with E-state index in [9.17, 15) is 8.42 Å². The SMILES string of the molecule is CCNCc1ccc(S(=O)(=O)N(CC)CC(C)C)o1. The molecule has 0 radical (unpaired) electrons. The van der Waals surface area contributed by atoms with E-state index in [-0.39, 0.29) is 11.0 Å². The Morgan fingerprint density at radius 1 is 1.32 bits per heavy atom. The summed E-state index contributed by atoms with van der Waals surface area (Å²) in [6.07, 6.45) is 0. The van der Waals surface area contributed by atoms with Gasteiger partial charge in [-0.3, -0.25) is 0 Å². The van der Waals surface area contributed by atoms with Crippen LogP contribution in [0.3, 0.4) is 0 Å². The number of furan rings is 1. The van der Waals surface area contributed by atoms with Crippen LogP contribution in [0.1, 0.15) is 33.5 Å². The van der Waals surface area contributed by atoms with E-state index in [1.165, 1.54) is 10.4 Å². The average molecular weight is 288 g/mol. The molecule has 1 rings (SSSR count). The van der Waals surface area contributed by atoms with E-state index in [0.29, 0.717) is 25.4 Å². The van der Waals surface area contributed by atoms with Crippen LogP contribution in [0.25, 0.3) is 0 Å². The third-order valence-electron chi connectivity index (χ3n) is 2.70. The molecule has 0 aliphatic carbocycles. The van der Waals surface area contributed by atoms with Gasteiger partial charge >= 0.3 is 0 Å². The zero-order valence-electron chi connectivity index (χ0n) is 12.1. The molecule has 110 valence electrons. The van der Waals surface area contributed by atoms with E-state index in [1.807, 2.05) is 27.7 Å². The molecule has 1 N–H and O–H groups in total. The highest BCUT2D eigenvalue weighted by Crippen LogP contribution is 2.19. The van der Waals surface area contributed by atoms with Gasteiger partial charge in [0.1, 0.15) is 5.76 Å². The molecule has 0 atom stereocenters. The van der Waals surface area contributed by atoms with Crippen molar-refractivity contribution in [2.75, 3.05) is 19.6 Å². The van der Waals surface area contributed by atoms with Crippen molar-refractivity contribution in [1.29, 1.82) is 0 Å². The molecule has 0 fully saturated rings. The highest BCUT2D eigenvalue weighted by Gasteiger charge is 2.26. The maximum Gasteiger partial charge on any atom is 0.276 e. The minimum absolute atomic E-state index is 0.0305. The molecule has 1 aromatic rings. The Morgan fingerprint density at radius 3 is 2.53 bits per heavy atom. The molecule has 0 amide bonds. The Bertz CT molecular complexity index is 480. The number of hydrogen-bond acceptors (Lipinski definition) is 4. The van der Waals surface area contributed by atoms with Gasteiger partial charge in [0.15, 0.2) is 0 Å². The maximum absolute atomic E-state index is 12.4. The van der Waals surface area contributed by atoms with Gasteiger partial charge in [-0.2, -0.15) is 4.31 Å². The van der Waals surface area contributed by atoms with E-state index in [2.05, 4.69) is 5.32 Å². The van der Waals surface area contributed by atoms with Gasteiger partial charge in [0.05, 0.1) is 6.54 Å². The number of nitrogens with zero attached hydrogens (tertiary/aromatic N) is 1. The molecule has 0 bridgehead atoms. The van der Waals surface area contributed by atoms with Gasteiger partial charge in [0.2, 0.25) is 5.09 Å². The van der Waals surface area contributed by atoms with Crippen LogP contribution in [-0.4, -0.2) is 32.4 Å². The van der Waals surface area contributed by atoms with E-state index in [0.717, 1.165) is 6.54 Å². The van der Waals surface area contributed by atoms with Crippen LogP contribution in [-0.2, 0) is 16.6 Å².